The lowest BCUT2D eigenvalue weighted by Gasteiger charge is -2.27. The van der Waals surface area contributed by atoms with Gasteiger partial charge < -0.3 is 15.5 Å². The number of rotatable bonds is 8. The maximum Gasteiger partial charge on any atom is 0.321 e. The van der Waals surface area contributed by atoms with E-state index in [1.807, 2.05) is 11.0 Å². The second-order valence-corrected chi connectivity index (χ2v) is 7.58. The Bertz CT molecular complexity index is 737. The summed E-state index contributed by atoms with van der Waals surface area (Å²) in [6.07, 6.45) is 9.16. The summed E-state index contributed by atoms with van der Waals surface area (Å²) in [6.45, 7) is 5.53. The summed E-state index contributed by atoms with van der Waals surface area (Å²) < 4.78 is 0. The number of carbonyl (C=O) groups is 1. The van der Waals surface area contributed by atoms with Gasteiger partial charge in [0.15, 0.2) is 0 Å². The van der Waals surface area contributed by atoms with Crippen molar-refractivity contribution in [2.24, 2.45) is 0 Å². The van der Waals surface area contributed by atoms with Crippen LogP contribution in [0.5, 0.6) is 0 Å². The zero-order chi connectivity index (χ0) is 18.9. The number of hydrogen-bond donors (Lipinski definition) is 2. The van der Waals surface area contributed by atoms with Crippen LogP contribution in [-0.4, -0.2) is 37.1 Å². The van der Waals surface area contributed by atoms with Gasteiger partial charge in [-0.15, -0.1) is 0 Å². The van der Waals surface area contributed by atoms with Gasteiger partial charge in [-0.2, -0.15) is 0 Å². The zero-order valence-electron chi connectivity index (χ0n) is 16.6. The Morgan fingerprint density at radius 1 is 0.963 bits per heavy atom. The Morgan fingerprint density at radius 3 is 2.48 bits per heavy atom. The molecule has 0 aromatic heterocycles. The van der Waals surface area contributed by atoms with E-state index in [1.165, 1.54) is 54.9 Å². The molecule has 2 aromatic rings. The minimum absolute atomic E-state index is 0.00413. The van der Waals surface area contributed by atoms with E-state index in [0.717, 1.165) is 38.3 Å². The maximum absolute atomic E-state index is 12.4. The van der Waals surface area contributed by atoms with Crippen LogP contribution in [0.4, 0.5) is 10.5 Å². The highest BCUT2D eigenvalue weighted by atomic mass is 16.2. The molecule has 0 bridgehead atoms. The normalized spacial score (nSPS) is 14.5. The van der Waals surface area contributed by atoms with Crippen LogP contribution >= 0.6 is 0 Å². The molecule has 1 heterocycles. The predicted octanol–water partition coefficient (Wildman–Crippen LogP) is 5.18. The smallest absolute Gasteiger partial charge is 0.321 e. The number of urea groups is 1. The van der Waals surface area contributed by atoms with E-state index in [2.05, 4.69) is 47.9 Å². The summed E-state index contributed by atoms with van der Waals surface area (Å²) in [6, 6.07) is 12.9. The molecule has 146 valence electrons. The highest BCUT2D eigenvalue weighted by molar-refractivity contribution is 5.93. The molecule has 1 aliphatic rings. The fourth-order valence-electron chi connectivity index (χ4n) is 3.71. The van der Waals surface area contributed by atoms with E-state index in [9.17, 15) is 4.79 Å². The predicted molar refractivity (Wildman–Crippen MR) is 114 cm³/mol. The summed E-state index contributed by atoms with van der Waals surface area (Å²) in [5.41, 5.74) is 2.28. The topological polar surface area (TPSA) is 44.4 Å². The molecule has 0 unspecified atom stereocenters. The lowest BCUT2D eigenvalue weighted by atomic mass is 10.0. The average Bonchev–Trinajstić information content (AvgIpc) is 2.71. The van der Waals surface area contributed by atoms with Gasteiger partial charge in [-0.1, -0.05) is 63.3 Å². The number of nitrogens with one attached hydrogen (secondary N) is 2. The Hall–Kier alpha value is -2.07. The number of nitrogens with zero attached hydrogens (tertiary/aromatic N) is 1. The zero-order valence-corrected chi connectivity index (χ0v) is 16.6. The van der Waals surface area contributed by atoms with Crippen LogP contribution in [0.15, 0.2) is 36.4 Å². The van der Waals surface area contributed by atoms with Crippen LogP contribution in [-0.2, 0) is 6.42 Å². The fourth-order valence-corrected chi connectivity index (χ4v) is 3.71. The number of anilines is 1. The molecule has 2 amide bonds. The first kappa shape index (κ1) is 19.7. The Balaban J connectivity index is 1.54. The molecule has 0 saturated carbocycles. The van der Waals surface area contributed by atoms with Crippen LogP contribution in [0.3, 0.4) is 0 Å². The molecule has 1 fully saturated rings. The standard InChI is InChI=1S/C23H33N3O/c1-2-3-4-5-6-7-8-19-9-10-21-18-22(12-11-20(21)17-19)25-23(27)26-15-13-24-14-16-26/h9-12,17-18,24H,2-8,13-16H2,1H3,(H,25,27). The molecule has 0 radical (unpaired) electrons. The van der Waals surface area contributed by atoms with E-state index in [1.54, 1.807) is 0 Å². The first-order valence-electron chi connectivity index (χ1n) is 10.6. The number of piperazine rings is 1. The third-order valence-electron chi connectivity index (χ3n) is 5.38. The number of benzene rings is 2. The van der Waals surface area contributed by atoms with E-state index in [-0.39, 0.29) is 6.03 Å². The molecule has 4 heteroatoms. The van der Waals surface area contributed by atoms with Gasteiger partial charge in [0.05, 0.1) is 0 Å². The van der Waals surface area contributed by atoms with Crippen molar-refractivity contribution in [2.75, 3.05) is 31.5 Å². The molecule has 27 heavy (non-hydrogen) atoms. The van der Waals surface area contributed by atoms with Crippen LogP contribution in [0, 0.1) is 0 Å². The summed E-state index contributed by atoms with van der Waals surface area (Å²) in [7, 11) is 0. The Kier molecular flexibility index (Phi) is 7.52. The van der Waals surface area contributed by atoms with Crippen LogP contribution < -0.4 is 10.6 Å². The Morgan fingerprint density at radius 2 is 1.67 bits per heavy atom. The van der Waals surface area contributed by atoms with E-state index < -0.39 is 0 Å². The number of aryl methyl sites for hydroxylation is 1. The quantitative estimate of drug-likeness (QED) is 0.631. The number of unbranched alkanes of at least 4 members (excludes halogenated alkanes) is 5. The minimum atomic E-state index is -0.00413. The first-order chi connectivity index (χ1) is 13.3. The number of amides is 2. The molecule has 3 rings (SSSR count). The van der Waals surface area contributed by atoms with Crippen molar-refractivity contribution in [1.82, 2.24) is 10.2 Å². The highest BCUT2D eigenvalue weighted by Gasteiger charge is 2.16. The third-order valence-corrected chi connectivity index (χ3v) is 5.38. The van der Waals surface area contributed by atoms with Gasteiger partial charge in [-0.3, -0.25) is 0 Å². The third kappa shape index (κ3) is 5.96. The average molecular weight is 368 g/mol. The molecule has 2 aromatic carbocycles. The van der Waals surface area contributed by atoms with Crippen molar-refractivity contribution >= 4 is 22.5 Å². The molecule has 1 aliphatic heterocycles. The van der Waals surface area contributed by atoms with E-state index >= 15 is 0 Å². The number of carbonyl (C=O) groups excluding carboxylic acids is 1. The second kappa shape index (κ2) is 10.3. The molecule has 1 saturated heterocycles. The molecular weight excluding hydrogens is 334 g/mol. The molecule has 2 N–H and O–H groups in total. The fraction of sp³-hybridized carbons (Fsp3) is 0.522. The molecule has 4 nitrogen and oxygen atoms in total. The largest absolute Gasteiger partial charge is 0.322 e. The lowest BCUT2D eigenvalue weighted by Crippen LogP contribution is -2.48. The molecule has 0 atom stereocenters. The van der Waals surface area contributed by atoms with Gasteiger partial charge in [0.1, 0.15) is 0 Å². The van der Waals surface area contributed by atoms with Gasteiger partial charge in [-0.05, 0) is 41.3 Å². The SMILES string of the molecule is CCCCCCCCc1ccc2cc(NC(=O)N3CCNCC3)ccc2c1. The van der Waals surface area contributed by atoms with Crippen molar-refractivity contribution in [3.8, 4) is 0 Å². The van der Waals surface area contributed by atoms with Crippen molar-refractivity contribution < 1.29 is 4.79 Å². The van der Waals surface area contributed by atoms with Crippen LogP contribution in [0.25, 0.3) is 10.8 Å². The Labute approximate surface area is 163 Å². The van der Waals surface area contributed by atoms with Gasteiger partial charge in [0, 0.05) is 31.9 Å². The van der Waals surface area contributed by atoms with Crippen molar-refractivity contribution in [1.29, 1.82) is 0 Å². The van der Waals surface area contributed by atoms with Crippen molar-refractivity contribution in [2.45, 2.75) is 51.9 Å². The molecular formula is C23H33N3O. The van der Waals surface area contributed by atoms with E-state index in [4.69, 9.17) is 0 Å². The maximum atomic E-state index is 12.4. The summed E-state index contributed by atoms with van der Waals surface area (Å²) in [4.78, 5) is 14.2. The molecule has 0 spiro atoms. The van der Waals surface area contributed by atoms with E-state index in [0.29, 0.717) is 0 Å². The van der Waals surface area contributed by atoms with Gasteiger partial charge in [0.25, 0.3) is 0 Å². The van der Waals surface area contributed by atoms with Gasteiger partial charge in [0.2, 0.25) is 0 Å². The monoisotopic (exact) mass is 367 g/mol. The van der Waals surface area contributed by atoms with Crippen molar-refractivity contribution in [3.05, 3.63) is 42.0 Å². The number of fused-ring (bicyclic) bond motifs is 1. The summed E-state index contributed by atoms with van der Waals surface area (Å²) in [5, 5.41) is 8.73. The molecule has 0 aliphatic carbocycles. The summed E-state index contributed by atoms with van der Waals surface area (Å²) in [5.74, 6) is 0. The number of hydrogen-bond acceptors (Lipinski definition) is 2. The van der Waals surface area contributed by atoms with Crippen molar-refractivity contribution in [3.63, 3.8) is 0 Å². The van der Waals surface area contributed by atoms with Gasteiger partial charge >= 0.3 is 6.03 Å². The van der Waals surface area contributed by atoms with Crippen LogP contribution in [0.1, 0.15) is 51.0 Å². The minimum Gasteiger partial charge on any atom is -0.322 e. The first-order valence-corrected chi connectivity index (χ1v) is 10.6. The van der Waals surface area contributed by atoms with Crippen LogP contribution in [0.2, 0.25) is 0 Å². The van der Waals surface area contributed by atoms with Gasteiger partial charge in [-0.25, -0.2) is 4.79 Å². The lowest BCUT2D eigenvalue weighted by molar-refractivity contribution is 0.204. The highest BCUT2D eigenvalue weighted by Crippen LogP contribution is 2.22. The summed E-state index contributed by atoms with van der Waals surface area (Å²) >= 11 is 0. The second-order valence-electron chi connectivity index (χ2n) is 7.58.